The minimum Gasteiger partial charge on any atom is -0.497 e. The molecule has 3 rings (SSSR count). The Morgan fingerprint density at radius 2 is 1.73 bits per heavy atom. The average molecular weight is 530 g/mol. The number of amides is 1. The van der Waals surface area contributed by atoms with E-state index in [4.69, 9.17) is 4.74 Å². The van der Waals surface area contributed by atoms with Gasteiger partial charge in [-0.05, 0) is 74.0 Å². The van der Waals surface area contributed by atoms with E-state index in [2.05, 4.69) is 26.5 Å². The number of benzene rings is 3. The monoisotopic (exact) mass is 529 g/mol. The first-order valence-electron chi connectivity index (χ1n) is 10.0. The lowest BCUT2D eigenvalue weighted by Gasteiger charge is -2.24. The van der Waals surface area contributed by atoms with Crippen molar-refractivity contribution in [1.29, 1.82) is 0 Å². The zero-order chi connectivity index (χ0) is 24.0. The molecule has 0 radical (unpaired) electrons. The molecule has 0 aliphatic heterocycles. The molecule has 3 aromatic rings. The second-order valence-corrected chi connectivity index (χ2v) is 10.0. The molecule has 0 fully saturated rings. The Morgan fingerprint density at radius 3 is 2.33 bits per heavy atom. The number of rotatable bonds is 8. The van der Waals surface area contributed by atoms with E-state index in [9.17, 15) is 13.2 Å². The number of hydrogen-bond acceptors (Lipinski definition) is 5. The lowest BCUT2D eigenvalue weighted by molar-refractivity contribution is -0.119. The normalized spacial score (nSPS) is 11.7. The number of anilines is 1. The number of aryl methyl sites for hydroxylation is 1. The van der Waals surface area contributed by atoms with Crippen molar-refractivity contribution < 1.29 is 17.9 Å². The summed E-state index contributed by atoms with van der Waals surface area (Å²) in [6.07, 6.45) is 0. The molecule has 0 aromatic heterocycles. The number of halogens is 1. The molecule has 7 nitrogen and oxygen atoms in total. The van der Waals surface area contributed by atoms with E-state index in [1.165, 1.54) is 12.1 Å². The van der Waals surface area contributed by atoms with Crippen LogP contribution in [-0.2, 0) is 14.8 Å². The van der Waals surface area contributed by atoms with Gasteiger partial charge in [-0.3, -0.25) is 9.10 Å². The van der Waals surface area contributed by atoms with Crippen molar-refractivity contribution in [1.82, 2.24) is 5.43 Å². The quantitative estimate of drug-likeness (QED) is 0.343. The summed E-state index contributed by atoms with van der Waals surface area (Å²) in [4.78, 5) is 12.8. The maximum absolute atomic E-state index is 13.4. The van der Waals surface area contributed by atoms with Crippen LogP contribution in [0.15, 0.2) is 87.3 Å². The molecule has 0 atom stereocenters. The molecule has 1 amide bonds. The number of nitrogens with one attached hydrogen (secondary N) is 1. The third kappa shape index (κ3) is 6.21. The van der Waals surface area contributed by atoms with E-state index in [1.807, 2.05) is 19.1 Å². The lowest BCUT2D eigenvalue weighted by atomic mass is 10.1. The number of hydrogen-bond donors (Lipinski definition) is 1. The van der Waals surface area contributed by atoms with Crippen LogP contribution >= 0.6 is 15.9 Å². The van der Waals surface area contributed by atoms with Gasteiger partial charge in [-0.1, -0.05) is 39.7 Å². The summed E-state index contributed by atoms with van der Waals surface area (Å²) in [5.41, 5.74) is 5.12. The topological polar surface area (TPSA) is 88.1 Å². The van der Waals surface area contributed by atoms with E-state index in [1.54, 1.807) is 62.6 Å². The molecule has 3 aromatic carbocycles. The highest BCUT2D eigenvalue weighted by Gasteiger charge is 2.27. The predicted octanol–water partition coefficient (Wildman–Crippen LogP) is 4.50. The second kappa shape index (κ2) is 10.6. The molecule has 0 saturated heterocycles. The van der Waals surface area contributed by atoms with Crippen LogP contribution < -0.4 is 14.5 Å². The largest absolute Gasteiger partial charge is 0.497 e. The predicted molar refractivity (Wildman–Crippen MR) is 133 cm³/mol. The zero-order valence-corrected chi connectivity index (χ0v) is 20.9. The van der Waals surface area contributed by atoms with Crippen LogP contribution in [0, 0.1) is 6.92 Å². The Morgan fingerprint density at radius 1 is 1.06 bits per heavy atom. The number of carbonyl (C=O) groups is 1. The Balaban J connectivity index is 1.85. The minimum absolute atomic E-state index is 0.0961. The molecule has 0 spiro atoms. The molecule has 0 unspecified atom stereocenters. The van der Waals surface area contributed by atoms with E-state index in [-0.39, 0.29) is 4.90 Å². The Bertz CT molecular complexity index is 1260. The molecule has 0 saturated carbocycles. The van der Waals surface area contributed by atoms with Crippen LogP contribution in [0.1, 0.15) is 18.1 Å². The smallest absolute Gasteiger partial charge is 0.264 e. The fraction of sp³-hybridized carbons (Fsp3) is 0.167. The van der Waals surface area contributed by atoms with Gasteiger partial charge in [0.2, 0.25) is 0 Å². The highest BCUT2D eigenvalue weighted by Crippen LogP contribution is 2.26. The van der Waals surface area contributed by atoms with Gasteiger partial charge in [0.25, 0.3) is 15.9 Å². The van der Waals surface area contributed by atoms with Gasteiger partial charge in [-0.15, -0.1) is 0 Å². The van der Waals surface area contributed by atoms with Crippen molar-refractivity contribution >= 4 is 43.3 Å². The number of hydrazone groups is 1. The third-order valence-electron chi connectivity index (χ3n) is 4.85. The van der Waals surface area contributed by atoms with Crippen LogP contribution in [-0.4, -0.2) is 33.7 Å². The summed E-state index contributed by atoms with van der Waals surface area (Å²) in [7, 11) is -2.41. The first-order valence-corrected chi connectivity index (χ1v) is 12.3. The summed E-state index contributed by atoms with van der Waals surface area (Å²) in [6.45, 7) is 3.18. The SMILES string of the molecule is COc1ccc(/C(C)=N\NC(=O)CN(c2cccc(Br)c2)S(=O)(=O)c2ccc(C)cc2)cc1. The van der Waals surface area contributed by atoms with Crippen LogP contribution in [0.2, 0.25) is 0 Å². The fourth-order valence-corrected chi connectivity index (χ4v) is 4.79. The number of carbonyl (C=O) groups excluding carboxylic acids is 1. The van der Waals surface area contributed by atoms with Crippen LogP contribution in [0.5, 0.6) is 5.75 Å². The molecular weight excluding hydrogens is 506 g/mol. The maximum atomic E-state index is 13.4. The van der Waals surface area contributed by atoms with Gasteiger partial charge in [0.1, 0.15) is 12.3 Å². The van der Waals surface area contributed by atoms with Crippen molar-refractivity contribution in [3.05, 3.63) is 88.4 Å². The van der Waals surface area contributed by atoms with Crippen LogP contribution in [0.25, 0.3) is 0 Å². The Kier molecular flexibility index (Phi) is 7.88. The average Bonchev–Trinajstić information content (AvgIpc) is 2.81. The van der Waals surface area contributed by atoms with E-state index >= 15 is 0 Å². The third-order valence-corrected chi connectivity index (χ3v) is 7.13. The van der Waals surface area contributed by atoms with Crippen LogP contribution in [0.3, 0.4) is 0 Å². The van der Waals surface area contributed by atoms with E-state index in [0.29, 0.717) is 21.6 Å². The van der Waals surface area contributed by atoms with Crippen molar-refractivity contribution in [3.8, 4) is 5.75 Å². The van der Waals surface area contributed by atoms with Gasteiger partial charge in [-0.2, -0.15) is 5.10 Å². The first kappa shape index (κ1) is 24.5. The Labute approximate surface area is 202 Å². The van der Waals surface area contributed by atoms with Crippen molar-refractivity contribution in [2.45, 2.75) is 18.7 Å². The highest BCUT2D eigenvalue weighted by atomic mass is 79.9. The number of ether oxygens (including phenoxy) is 1. The highest BCUT2D eigenvalue weighted by molar-refractivity contribution is 9.10. The first-order chi connectivity index (χ1) is 15.7. The van der Waals surface area contributed by atoms with Crippen LogP contribution in [0.4, 0.5) is 5.69 Å². The molecular formula is C24H24BrN3O4S. The summed E-state index contributed by atoms with van der Waals surface area (Å²) in [5.74, 6) is 0.139. The number of sulfonamides is 1. The zero-order valence-electron chi connectivity index (χ0n) is 18.4. The molecule has 9 heteroatoms. The molecule has 33 heavy (non-hydrogen) atoms. The molecule has 0 bridgehead atoms. The Hall–Kier alpha value is -3.17. The summed E-state index contributed by atoms with van der Waals surface area (Å²) >= 11 is 3.36. The lowest BCUT2D eigenvalue weighted by Crippen LogP contribution is -2.39. The van der Waals surface area contributed by atoms with Gasteiger partial charge < -0.3 is 4.74 Å². The van der Waals surface area contributed by atoms with Gasteiger partial charge >= 0.3 is 0 Å². The van der Waals surface area contributed by atoms with Crippen molar-refractivity contribution in [2.24, 2.45) is 5.10 Å². The van der Waals surface area contributed by atoms with Crippen molar-refractivity contribution in [2.75, 3.05) is 18.0 Å². The minimum atomic E-state index is -3.99. The van der Waals surface area contributed by atoms with Gasteiger partial charge in [0.05, 0.1) is 23.4 Å². The summed E-state index contributed by atoms with van der Waals surface area (Å²) < 4.78 is 33.7. The molecule has 0 aliphatic carbocycles. The number of nitrogens with zero attached hydrogens (tertiary/aromatic N) is 2. The molecule has 1 N–H and O–H groups in total. The summed E-state index contributed by atoms with van der Waals surface area (Å²) in [5, 5.41) is 4.13. The maximum Gasteiger partial charge on any atom is 0.264 e. The van der Waals surface area contributed by atoms with Gasteiger partial charge in [-0.25, -0.2) is 13.8 Å². The molecule has 0 aliphatic rings. The van der Waals surface area contributed by atoms with E-state index in [0.717, 1.165) is 15.4 Å². The molecule has 0 heterocycles. The van der Waals surface area contributed by atoms with Gasteiger partial charge in [0, 0.05) is 4.47 Å². The second-order valence-electron chi connectivity index (χ2n) is 7.27. The van der Waals surface area contributed by atoms with Gasteiger partial charge in [0.15, 0.2) is 0 Å². The van der Waals surface area contributed by atoms with Crippen molar-refractivity contribution in [3.63, 3.8) is 0 Å². The fourth-order valence-electron chi connectivity index (χ4n) is 2.99. The number of methoxy groups -OCH3 is 1. The molecule has 172 valence electrons. The van der Waals surface area contributed by atoms with E-state index < -0.39 is 22.5 Å². The standard InChI is InChI=1S/C24H24BrN3O4S/c1-17-7-13-23(14-8-17)33(30,31)28(21-6-4-5-20(25)15-21)16-24(29)27-26-18(2)19-9-11-22(32-3)12-10-19/h4-15H,16H2,1-3H3,(H,27,29)/b26-18-. The summed E-state index contributed by atoms with van der Waals surface area (Å²) in [6, 6.07) is 20.5.